The Bertz CT molecular complexity index is 1110. The van der Waals surface area contributed by atoms with Gasteiger partial charge in [-0.2, -0.15) is 0 Å². The van der Waals surface area contributed by atoms with Crippen LogP contribution >= 0.6 is 0 Å². The zero-order chi connectivity index (χ0) is 22.5. The summed E-state index contributed by atoms with van der Waals surface area (Å²) in [6.07, 6.45) is 0.625. The maximum atomic E-state index is 13.3. The third-order valence-corrected chi connectivity index (χ3v) is 6.74. The van der Waals surface area contributed by atoms with Gasteiger partial charge in [0.2, 0.25) is 5.91 Å². The Labute approximate surface area is 187 Å². The number of rotatable bonds is 3. The van der Waals surface area contributed by atoms with Gasteiger partial charge in [-0.3, -0.25) is 19.8 Å². The predicted octanol–water partition coefficient (Wildman–Crippen LogP) is 3.71. The molecule has 1 fully saturated rings. The summed E-state index contributed by atoms with van der Waals surface area (Å²) in [6, 6.07) is 19.0. The van der Waals surface area contributed by atoms with E-state index < -0.39 is 24.0 Å². The van der Waals surface area contributed by atoms with Gasteiger partial charge in [0.15, 0.2) is 5.78 Å². The Balaban J connectivity index is 1.63. The number of nitrogens with zero attached hydrogens (tertiary/aromatic N) is 1. The van der Waals surface area contributed by atoms with Gasteiger partial charge in [-0.05, 0) is 23.0 Å². The Morgan fingerprint density at radius 2 is 1.59 bits per heavy atom. The van der Waals surface area contributed by atoms with Crippen molar-refractivity contribution >= 4 is 17.7 Å². The van der Waals surface area contributed by atoms with E-state index >= 15 is 0 Å². The van der Waals surface area contributed by atoms with Gasteiger partial charge < -0.3 is 5.32 Å². The number of carbonyl (C=O) groups is 3. The van der Waals surface area contributed by atoms with Crippen molar-refractivity contribution in [2.45, 2.75) is 45.3 Å². The largest absolute Gasteiger partial charge is 0.367 e. The molecule has 0 saturated carbocycles. The first-order chi connectivity index (χ1) is 15.3. The highest BCUT2D eigenvalue weighted by molar-refractivity contribution is 6.04. The highest BCUT2D eigenvalue weighted by atomic mass is 16.2. The van der Waals surface area contributed by atoms with E-state index in [2.05, 4.69) is 24.5 Å². The van der Waals surface area contributed by atoms with Gasteiger partial charge in [-0.25, -0.2) is 4.79 Å². The third kappa shape index (κ3) is 3.49. The molecule has 0 radical (unpaired) electrons. The van der Waals surface area contributed by atoms with Crippen molar-refractivity contribution in [3.05, 3.63) is 83.1 Å². The van der Waals surface area contributed by atoms with Gasteiger partial charge >= 0.3 is 6.03 Å². The van der Waals surface area contributed by atoms with Crippen LogP contribution in [0, 0.1) is 11.3 Å². The molecule has 5 rings (SSSR count). The van der Waals surface area contributed by atoms with E-state index in [9.17, 15) is 14.4 Å². The molecule has 3 amide bonds. The minimum absolute atomic E-state index is 0.0790. The molecule has 2 N–H and O–H groups in total. The zero-order valence-corrected chi connectivity index (χ0v) is 18.3. The van der Waals surface area contributed by atoms with Gasteiger partial charge in [-0.1, -0.05) is 74.5 Å². The lowest BCUT2D eigenvalue weighted by molar-refractivity contribution is -0.130. The topological polar surface area (TPSA) is 78.5 Å². The predicted molar refractivity (Wildman–Crippen MR) is 120 cm³/mol. The van der Waals surface area contributed by atoms with E-state index in [1.165, 1.54) is 0 Å². The lowest BCUT2D eigenvalue weighted by Gasteiger charge is -2.50. The smallest absolute Gasteiger partial charge is 0.326 e. The summed E-state index contributed by atoms with van der Waals surface area (Å²) >= 11 is 0. The van der Waals surface area contributed by atoms with Crippen LogP contribution in [0.1, 0.15) is 43.7 Å². The minimum atomic E-state index is -0.595. The number of urea groups is 1. The Hall–Kier alpha value is -3.41. The van der Waals surface area contributed by atoms with Gasteiger partial charge in [0.25, 0.3) is 0 Å². The Kier molecular flexibility index (Phi) is 4.88. The SMILES string of the molecule is CC1(C)CC(=O)C2=C(C1)NC1C(C(=O)NC(=O)N1Cc1ccccc1)C2c1ccccc1. The average Bonchev–Trinajstić information content (AvgIpc) is 2.75. The standard InChI is InChI=1S/C26H27N3O3/c1-26(2)13-18-21(19(30)14-26)20(17-11-7-4-8-12-17)22-23(27-18)29(25(32)28-24(22)31)15-16-9-5-3-6-10-16/h3-12,20,22-23,27H,13-15H2,1-2H3,(H,28,31,32). The Morgan fingerprint density at radius 3 is 2.28 bits per heavy atom. The number of benzene rings is 2. The summed E-state index contributed by atoms with van der Waals surface area (Å²) in [5, 5.41) is 6.03. The van der Waals surface area contributed by atoms with Crippen LogP contribution in [0.15, 0.2) is 71.9 Å². The molecule has 32 heavy (non-hydrogen) atoms. The quantitative estimate of drug-likeness (QED) is 0.780. The number of imide groups is 1. The molecule has 2 aromatic rings. The van der Waals surface area contributed by atoms with Crippen LogP contribution in [0.5, 0.6) is 0 Å². The summed E-state index contributed by atoms with van der Waals surface area (Å²) in [5.41, 5.74) is 3.28. The molecule has 0 aromatic heterocycles. The first kappa shape index (κ1) is 20.5. The number of carbonyl (C=O) groups excluding carboxylic acids is 3. The summed E-state index contributed by atoms with van der Waals surface area (Å²) in [4.78, 5) is 41.2. The zero-order valence-electron chi connectivity index (χ0n) is 18.3. The molecule has 6 heteroatoms. The van der Waals surface area contributed by atoms with Crippen molar-refractivity contribution in [1.29, 1.82) is 0 Å². The summed E-state index contributed by atoms with van der Waals surface area (Å²) in [6.45, 7) is 4.54. The van der Waals surface area contributed by atoms with E-state index in [0.717, 1.165) is 16.8 Å². The number of amides is 3. The molecule has 1 saturated heterocycles. The monoisotopic (exact) mass is 429 g/mol. The average molecular weight is 430 g/mol. The first-order valence-electron chi connectivity index (χ1n) is 11.1. The number of Topliss-reactive ketones (excluding diaryl/α,β-unsaturated/α-hetero) is 1. The van der Waals surface area contributed by atoms with Crippen LogP contribution in [0.3, 0.4) is 0 Å². The maximum absolute atomic E-state index is 13.3. The third-order valence-electron chi connectivity index (χ3n) is 6.74. The van der Waals surface area contributed by atoms with Crippen LogP contribution < -0.4 is 10.6 Å². The molecular formula is C26H27N3O3. The van der Waals surface area contributed by atoms with Gasteiger partial charge in [0.05, 0.1) is 5.92 Å². The molecule has 3 atom stereocenters. The fraction of sp³-hybridized carbons (Fsp3) is 0.346. The van der Waals surface area contributed by atoms with E-state index in [0.29, 0.717) is 25.0 Å². The molecule has 0 bridgehead atoms. The number of allylic oxidation sites excluding steroid dienone is 2. The second kappa shape index (κ2) is 7.62. The van der Waals surface area contributed by atoms with Gasteiger partial charge in [0.1, 0.15) is 6.17 Å². The van der Waals surface area contributed by atoms with E-state index in [1.807, 2.05) is 60.7 Å². The molecule has 164 valence electrons. The molecule has 1 aliphatic carbocycles. The fourth-order valence-electron chi connectivity index (χ4n) is 5.39. The van der Waals surface area contributed by atoms with Crippen LogP contribution in [0.4, 0.5) is 4.79 Å². The summed E-state index contributed by atoms with van der Waals surface area (Å²) in [5.74, 6) is -1.25. The van der Waals surface area contributed by atoms with Crippen molar-refractivity contribution in [1.82, 2.24) is 15.5 Å². The molecule has 6 nitrogen and oxygen atoms in total. The van der Waals surface area contributed by atoms with E-state index in [4.69, 9.17) is 0 Å². The highest BCUT2D eigenvalue weighted by Gasteiger charge is 2.53. The normalized spacial score (nSPS) is 26.8. The second-order valence-corrected chi connectivity index (χ2v) is 9.74. The lowest BCUT2D eigenvalue weighted by Crippen LogP contribution is -2.67. The van der Waals surface area contributed by atoms with E-state index in [1.54, 1.807) is 4.90 Å². The number of fused-ring (bicyclic) bond motifs is 1. The van der Waals surface area contributed by atoms with Crippen LogP contribution in [0.2, 0.25) is 0 Å². The van der Waals surface area contributed by atoms with Crippen molar-refractivity contribution in [2.75, 3.05) is 0 Å². The highest BCUT2D eigenvalue weighted by Crippen LogP contribution is 2.48. The molecule has 2 aliphatic heterocycles. The van der Waals surface area contributed by atoms with Crippen LogP contribution in [0.25, 0.3) is 0 Å². The molecule has 3 aliphatic rings. The summed E-state index contributed by atoms with van der Waals surface area (Å²) in [7, 11) is 0. The fourth-order valence-corrected chi connectivity index (χ4v) is 5.39. The molecule has 2 aromatic carbocycles. The number of nitrogens with one attached hydrogen (secondary N) is 2. The molecule has 2 heterocycles. The molecule has 3 unspecified atom stereocenters. The van der Waals surface area contributed by atoms with Gasteiger partial charge in [-0.15, -0.1) is 0 Å². The number of hydrogen-bond acceptors (Lipinski definition) is 4. The molecule has 0 spiro atoms. The van der Waals surface area contributed by atoms with Gasteiger partial charge in [0, 0.05) is 30.2 Å². The minimum Gasteiger partial charge on any atom is -0.367 e. The van der Waals surface area contributed by atoms with Crippen molar-refractivity contribution < 1.29 is 14.4 Å². The summed E-state index contributed by atoms with van der Waals surface area (Å²) < 4.78 is 0. The van der Waals surface area contributed by atoms with Crippen LogP contribution in [-0.2, 0) is 16.1 Å². The number of ketones is 1. The van der Waals surface area contributed by atoms with E-state index in [-0.39, 0.29) is 17.1 Å². The maximum Gasteiger partial charge on any atom is 0.326 e. The van der Waals surface area contributed by atoms with Crippen molar-refractivity contribution in [2.24, 2.45) is 11.3 Å². The lowest BCUT2D eigenvalue weighted by atomic mass is 9.65. The Morgan fingerprint density at radius 1 is 0.938 bits per heavy atom. The first-order valence-corrected chi connectivity index (χ1v) is 11.1. The molecular weight excluding hydrogens is 402 g/mol. The number of hydrogen-bond donors (Lipinski definition) is 2. The van der Waals surface area contributed by atoms with Crippen molar-refractivity contribution in [3.8, 4) is 0 Å². The van der Waals surface area contributed by atoms with Crippen LogP contribution in [-0.4, -0.2) is 28.8 Å². The second-order valence-electron chi connectivity index (χ2n) is 9.74. The van der Waals surface area contributed by atoms with Crippen molar-refractivity contribution in [3.63, 3.8) is 0 Å².